The molecule has 4 nitrogen and oxygen atoms in total. The van der Waals surface area contributed by atoms with Crippen molar-refractivity contribution in [1.82, 2.24) is 0 Å². The number of hydrogen-bond donors (Lipinski definition) is 4. The van der Waals surface area contributed by atoms with Crippen LogP contribution in [0.1, 0.15) is 90.9 Å². The molecule has 0 atom stereocenters. The Balaban J connectivity index is 1.17. The van der Waals surface area contributed by atoms with Gasteiger partial charge in [0.25, 0.3) is 0 Å². The third-order valence-corrected chi connectivity index (χ3v) is 9.91. The fraction of sp³-hybridized carbons (Fsp3) is 0.444. The van der Waals surface area contributed by atoms with Crippen LogP contribution >= 0.6 is 0 Å². The van der Waals surface area contributed by atoms with Crippen LogP contribution in [0.5, 0.6) is 0 Å². The van der Waals surface area contributed by atoms with Gasteiger partial charge in [-0.3, -0.25) is 0 Å². The Morgan fingerprint density at radius 1 is 0.381 bits per heavy atom. The first kappa shape index (κ1) is 27.6. The molecule has 0 amide bonds. The van der Waals surface area contributed by atoms with Crippen molar-refractivity contribution in [2.24, 2.45) is 0 Å². The van der Waals surface area contributed by atoms with Crippen molar-refractivity contribution in [1.29, 1.82) is 0 Å². The monoisotopic (exact) mass is 556 g/mol. The van der Waals surface area contributed by atoms with E-state index in [1.807, 2.05) is 0 Å². The van der Waals surface area contributed by atoms with Gasteiger partial charge in [-0.25, -0.2) is 0 Å². The molecule has 0 radical (unpaired) electrons. The fourth-order valence-corrected chi connectivity index (χ4v) is 7.74. The van der Waals surface area contributed by atoms with Gasteiger partial charge in [0.1, 0.15) is 0 Å². The van der Waals surface area contributed by atoms with Crippen molar-refractivity contribution in [3.63, 3.8) is 0 Å². The van der Waals surface area contributed by atoms with E-state index in [0.717, 1.165) is 12.6 Å². The molecular formula is C36H46B2N4. The smallest absolute Gasteiger partial charge is 0.370 e. The summed E-state index contributed by atoms with van der Waals surface area (Å²) >= 11 is 0. The van der Waals surface area contributed by atoms with Gasteiger partial charge in [-0.2, -0.15) is 0 Å². The molecule has 42 heavy (non-hydrogen) atoms. The lowest BCUT2D eigenvalue weighted by molar-refractivity contribution is 0.623. The third kappa shape index (κ3) is 5.01. The highest BCUT2D eigenvalue weighted by Crippen LogP contribution is 2.49. The van der Waals surface area contributed by atoms with E-state index in [1.165, 1.54) is 143 Å². The second-order valence-corrected chi connectivity index (χ2v) is 12.9. The average Bonchev–Trinajstić information content (AvgIpc) is 3.02. The Morgan fingerprint density at radius 2 is 0.690 bits per heavy atom. The van der Waals surface area contributed by atoms with Gasteiger partial charge in [0.05, 0.1) is 0 Å². The molecule has 5 aromatic rings. The van der Waals surface area contributed by atoms with Gasteiger partial charge in [0.2, 0.25) is 0 Å². The molecule has 0 saturated heterocycles. The summed E-state index contributed by atoms with van der Waals surface area (Å²) < 4.78 is 0. The van der Waals surface area contributed by atoms with Crippen molar-refractivity contribution in [3.8, 4) is 0 Å². The molecule has 2 aliphatic heterocycles. The second kappa shape index (κ2) is 12.1. The number of fused-ring (bicyclic) bond motifs is 2. The topological polar surface area (TPSA) is 48.1 Å². The zero-order chi connectivity index (χ0) is 28.5. The maximum absolute atomic E-state index is 3.86. The van der Waals surface area contributed by atoms with Crippen molar-refractivity contribution in [2.45, 2.75) is 104 Å². The van der Waals surface area contributed by atoms with E-state index in [-0.39, 0.29) is 0 Å². The summed E-state index contributed by atoms with van der Waals surface area (Å²) in [6, 6.07) is 18.8. The standard InChI is InChI=1S/C36H46B2N4/c1-3-5-7-9-11-13-23-37-39-29-19-15-25-27-17-21-31-36-32(42-38(41-31)24-14-12-10-8-6-4-2)22-18-28(34(27)36)26-16-20-30(40-37)35(29)33(25)26/h15-22,39-42H,3-14,23-24H2,1-2H3. The summed E-state index contributed by atoms with van der Waals surface area (Å²) in [5, 5.41) is 26.3. The summed E-state index contributed by atoms with van der Waals surface area (Å²) in [5.74, 6) is 0. The van der Waals surface area contributed by atoms with Gasteiger partial charge >= 0.3 is 14.0 Å². The van der Waals surface area contributed by atoms with Crippen molar-refractivity contribution >= 4 is 79.8 Å². The Kier molecular flexibility index (Phi) is 7.97. The molecule has 0 fully saturated rings. The van der Waals surface area contributed by atoms with Crippen molar-refractivity contribution in [2.75, 3.05) is 20.9 Å². The van der Waals surface area contributed by atoms with Crippen LogP contribution in [-0.4, -0.2) is 14.0 Å². The molecule has 7 rings (SSSR count). The number of anilines is 4. The second-order valence-electron chi connectivity index (χ2n) is 12.9. The van der Waals surface area contributed by atoms with E-state index >= 15 is 0 Å². The predicted octanol–water partition coefficient (Wildman–Crippen LogP) is 11.1. The highest BCUT2D eigenvalue weighted by Gasteiger charge is 2.28. The predicted molar refractivity (Wildman–Crippen MR) is 190 cm³/mol. The molecule has 0 bridgehead atoms. The Hall–Kier alpha value is -3.27. The molecule has 0 aliphatic carbocycles. The first-order valence-corrected chi connectivity index (χ1v) is 17.0. The van der Waals surface area contributed by atoms with E-state index in [0.29, 0.717) is 14.0 Å². The number of nitrogens with one attached hydrogen (secondary N) is 4. The molecule has 216 valence electrons. The van der Waals surface area contributed by atoms with Crippen LogP contribution < -0.4 is 20.9 Å². The van der Waals surface area contributed by atoms with Gasteiger partial charge in [-0.15, -0.1) is 0 Å². The van der Waals surface area contributed by atoms with Crippen LogP contribution in [0.2, 0.25) is 12.6 Å². The van der Waals surface area contributed by atoms with Crippen LogP contribution in [0.25, 0.3) is 43.1 Å². The summed E-state index contributed by atoms with van der Waals surface area (Å²) in [7, 11) is 0. The molecular weight excluding hydrogens is 510 g/mol. The molecule has 0 spiro atoms. The maximum Gasteiger partial charge on any atom is 0.370 e. The number of unbranched alkanes of at least 4 members (excludes halogenated alkanes) is 10. The molecule has 5 aromatic carbocycles. The van der Waals surface area contributed by atoms with Gasteiger partial charge in [-0.05, 0) is 58.5 Å². The first-order valence-electron chi connectivity index (χ1n) is 17.0. The van der Waals surface area contributed by atoms with E-state index in [9.17, 15) is 0 Å². The summed E-state index contributed by atoms with van der Waals surface area (Å²) in [4.78, 5) is 0. The quantitative estimate of drug-likeness (QED) is 0.0476. The molecule has 6 heteroatoms. The summed E-state index contributed by atoms with van der Waals surface area (Å²) in [6.07, 6.45) is 18.3. The lowest BCUT2D eigenvalue weighted by Gasteiger charge is -2.30. The highest BCUT2D eigenvalue weighted by molar-refractivity contribution is 6.69. The number of rotatable bonds is 14. The molecule has 0 aromatic heterocycles. The summed E-state index contributed by atoms with van der Waals surface area (Å²) in [6.45, 7) is 5.17. The molecule has 0 saturated carbocycles. The van der Waals surface area contributed by atoms with Crippen LogP contribution in [-0.2, 0) is 0 Å². The minimum absolute atomic E-state index is 0.298. The van der Waals surface area contributed by atoms with E-state index < -0.39 is 0 Å². The van der Waals surface area contributed by atoms with Crippen molar-refractivity contribution < 1.29 is 0 Å². The first-order chi connectivity index (χ1) is 20.8. The number of hydrogen-bond acceptors (Lipinski definition) is 4. The van der Waals surface area contributed by atoms with Crippen LogP contribution in [0.15, 0.2) is 48.5 Å². The maximum atomic E-state index is 3.86. The Bertz CT molecular complexity index is 1470. The summed E-state index contributed by atoms with van der Waals surface area (Å²) in [5.41, 5.74) is 5.09. The van der Waals surface area contributed by atoms with E-state index in [1.54, 1.807) is 0 Å². The third-order valence-electron chi connectivity index (χ3n) is 9.91. The van der Waals surface area contributed by atoms with Gasteiger partial charge < -0.3 is 20.9 Å². The lowest BCUT2D eigenvalue weighted by atomic mass is 9.67. The van der Waals surface area contributed by atoms with Crippen LogP contribution in [0, 0.1) is 0 Å². The Morgan fingerprint density at radius 3 is 1.02 bits per heavy atom. The van der Waals surface area contributed by atoms with Crippen LogP contribution in [0.4, 0.5) is 22.7 Å². The minimum atomic E-state index is 0.298. The molecule has 2 aliphatic rings. The zero-order valence-corrected chi connectivity index (χ0v) is 25.7. The zero-order valence-electron chi connectivity index (χ0n) is 25.7. The number of benzene rings is 5. The van der Waals surface area contributed by atoms with Gasteiger partial charge in [-0.1, -0.05) is 115 Å². The van der Waals surface area contributed by atoms with Crippen molar-refractivity contribution in [3.05, 3.63) is 48.5 Å². The normalized spacial score (nSPS) is 14.0. The fourth-order valence-electron chi connectivity index (χ4n) is 7.74. The molecule has 2 heterocycles. The Labute approximate surface area is 252 Å². The van der Waals surface area contributed by atoms with Gasteiger partial charge in [0, 0.05) is 44.3 Å². The van der Waals surface area contributed by atoms with Gasteiger partial charge in [0.15, 0.2) is 0 Å². The van der Waals surface area contributed by atoms with E-state index in [4.69, 9.17) is 0 Å². The average molecular weight is 556 g/mol. The highest BCUT2D eigenvalue weighted by atomic mass is 15.0. The SMILES string of the molecule is CCCCCCCCB1Nc2ccc3c4ccc5c6c(ccc(c7ccc(c2c37)N1)c64)NB(CCCCCCCC)N5. The molecule has 0 unspecified atom stereocenters. The van der Waals surface area contributed by atoms with Crippen LogP contribution in [0.3, 0.4) is 0 Å². The molecule has 4 N–H and O–H groups in total. The largest absolute Gasteiger partial charge is 0.409 e. The van der Waals surface area contributed by atoms with E-state index in [2.05, 4.69) is 83.3 Å². The minimum Gasteiger partial charge on any atom is -0.409 e. The lowest BCUT2D eigenvalue weighted by Crippen LogP contribution is -2.37.